The molecule has 1 unspecified atom stereocenters. The summed E-state index contributed by atoms with van der Waals surface area (Å²) in [5.41, 5.74) is 1.30. The molecule has 1 fully saturated rings. The second kappa shape index (κ2) is 6.47. The Hall–Kier alpha value is -2.24. The highest BCUT2D eigenvalue weighted by molar-refractivity contribution is 5.97. The van der Waals surface area contributed by atoms with Crippen molar-refractivity contribution >= 4 is 11.6 Å². The number of piperidine rings is 1. The Morgan fingerprint density at radius 1 is 1.33 bits per heavy atom. The van der Waals surface area contributed by atoms with Crippen LogP contribution in [0.25, 0.3) is 0 Å². The molecule has 1 aromatic carbocycles. The predicted octanol–water partition coefficient (Wildman–Crippen LogP) is 2.02. The van der Waals surface area contributed by atoms with Crippen LogP contribution in [-0.2, 0) is 0 Å². The van der Waals surface area contributed by atoms with Crippen molar-refractivity contribution in [3.63, 3.8) is 0 Å². The van der Waals surface area contributed by atoms with Gasteiger partial charge in [-0.05, 0) is 18.2 Å². The van der Waals surface area contributed by atoms with Crippen LogP contribution in [0.3, 0.4) is 0 Å². The molecule has 0 aliphatic carbocycles. The third-order valence-electron chi connectivity index (χ3n) is 3.75. The first-order chi connectivity index (χ1) is 10.1. The van der Waals surface area contributed by atoms with Crippen molar-refractivity contribution in [1.29, 1.82) is 0 Å². The van der Waals surface area contributed by atoms with Gasteiger partial charge < -0.3 is 19.6 Å². The molecule has 1 atom stereocenters. The summed E-state index contributed by atoms with van der Waals surface area (Å²) < 4.78 is 10.4. The summed E-state index contributed by atoms with van der Waals surface area (Å²) in [5, 5.41) is 12.2. The molecule has 0 bridgehead atoms. The van der Waals surface area contributed by atoms with Gasteiger partial charge in [0.1, 0.15) is 0 Å². The summed E-state index contributed by atoms with van der Waals surface area (Å²) in [6, 6.07) is 5.13. The number of carbonyl (C=O) groups excluding carboxylic acids is 1. The van der Waals surface area contributed by atoms with E-state index in [0.29, 0.717) is 36.6 Å². The van der Waals surface area contributed by atoms with E-state index < -0.39 is 0 Å². The molecule has 6 nitrogen and oxygen atoms in total. The number of likely N-dealkylation sites (tertiary alicyclic amines) is 1. The lowest BCUT2D eigenvalue weighted by molar-refractivity contribution is 0.0733. The molecular weight excluding hydrogens is 272 g/mol. The second-order valence-electron chi connectivity index (χ2n) is 5.06. The van der Waals surface area contributed by atoms with Crippen LogP contribution in [0.5, 0.6) is 11.5 Å². The fraction of sp³-hybridized carbons (Fsp3) is 0.467. The van der Waals surface area contributed by atoms with Gasteiger partial charge in [0.15, 0.2) is 11.5 Å². The Balaban J connectivity index is 2.17. The van der Waals surface area contributed by atoms with E-state index in [0.717, 1.165) is 5.71 Å². The fourth-order valence-electron chi connectivity index (χ4n) is 2.51. The minimum atomic E-state index is -0.0557. The third-order valence-corrected chi connectivity index (χ3v) is 3.75. The topological polar surface area (TPSA) is 71.4 Å². The Kier molecular flexibility index (Phi) is 4.67. The molecule has 1 heterocycles. The van der Waals surface area contributed by atoms with Crippen LogP contribution in [-0.4, -0.2) is 49.0 Å². The number of benzene rings is 1. The summed E-state index contributed by atoms with van der Waals surface area (Å²) in [4.78, 5) is 14.3. The summed E-state index contributed by atoms with van der Waals surface area (Å²) in [6.07, 6.45) is 0.594. The lowest BCUT2D eigenvalue weighted by Crippen LogP contribution is -2.43. The molecule has 2 rings (SSSR count). The molecule has 0 radical (unpaired) electrons. The molecule has 0 saturated carbocycles. The first kappa shape index (κ1) is 15.2. The molecule has 21 heavy (non-hydrogen) atoms. The number of methoxy groups -OCH3 is 2. The summed E-state index contributed by atoms with van der Waals surface area (Å²) in [7, 11) is 3.10. The van der Waals surface area contributed by atoms with Crippen LogP contribution in [0, 0.1) is 5.92 Å². The fourth-order valence-corrected chi connectivity index (χ4v) is 2.51. The number of nitrogens with zero attached hydrogens (tertiary/aromatic N) is 2. The van der Waals surface area contributed by atoms with Gasteiger partial charge in [0, 0.05) is 31.0 Å². The Bertz CT molecular complexity index is 557. The molecule has 1 aliphatic heterocycles. The highest BCUT2D eigenvalue weighted by Gasteiger charge is 2.27. The highest BCUT2D eigenvalue weighted by Crippen LogP contribution is 2.28. The molecule has 0 spiro atoms. The van der Waals surface area contributed by atoms with Gasteiger partial charge in [-0.25, -0.2) is 0 Å². The first-order valence-electron chi connectivity index (χ1n) is 6.82. The van der Waals surface area contributed by atoms with Gasteiger partial charge in [-0.3, -0.25) is 4.79 Å². The standard InChI is InChI=1S/C15H20N2O4/c1-10-9-17(7-6-12(10)16-19)15(18)11-4-5-13(20-2)14(8-11)21-3/h4-5,8,10,19H,6-7,9H2,1-3H3/b16-12-. The van der Waals surface area contributed by atoms with Gasteiger partial charge in [0.2, 0.25) is 0 Å². The van der Waals surface area contributed by atoms with Crippen LogP contribution < -0.4 is 9.47 Å². The van der Waals surface area contributed by atoms with Gasteiger partial charge in [-0.2, -0.15) is 0 Å². The van der Waals surface area contributed by atoms with Crippen LogP contribution >= 0.6 is 0 Å². The van der Waals surface area contributed by atoms with E-state index in [1.165, 1.54) is 0 Å². The van der Waals surface area contributed by atoms with Crippen LogP contribution in [0.1, 0.15) is 23.7 Å². The third kappa shape index (κ3) is 3.09. The van der Waals surface area contributed by atoms with Crippen LogP contribution in [0.15, 0.2) is 23.4 Å². The Morgan fingerprint density at radius 3 is 2.62 bits per heavy atom. The molecule has 1 aliphatic rings. The summed E-state index contributed by atoms with van der Waals surface area (Å²) in [5.74, 6) is 1.13. The largest absolute Gasteiger partial charge is 0.493 e. The zero-order valence-electron chi connectivity index (χ0n) is 12.5. The highest BCUT2D eigenvalue weighted by atomic mass is 16.5. The van der Waals surface area contributed by atoms with Crippen molar-refractivity contribution in [3.05, 3.63) is 23.8 Å². The van der Waals surface area contributed by atoms with E-state index in [4.69, 9.17) is 14.7 Å². The Labute approximate surface area is 124 Å². The van der Waals surface area contributed by atoms with Gasteiger partial charge in [-0.15, -0.1) is 0 Å². The number of hydrogen-bond donors (Lipinski definition) is 1. The van der Waals surface area contributed by atoms with E-state index in [9.17, 15) is 4.79 Å². The zero-order chi connectivity index (χ0) is 15.4. The minimum absolute atomic E-state index is 0.0557. The molecule has 1 N–H and O–H groups in total. The average molecular weight is 292 g/mol. The average Bonchev–Trinajstić information content (AvgIpc) is 2.53. The minimum Gasteiger partial charge on any atom is -0.493 e. The van der Waals surface area contributed by atoms with E-state index >= 15 is 0 Å². The molecule has 6 heteroatoms. The van der Waals surface area contributed by atoms with E-state index in [1.807, 2.05) is 6.92 Å². The molecule has 0 aromatic heterocycles. The van der Waals surface area contributed by atoms with Gasteiger partial charge in [0.05, 0.1) is 19.9 Å². The molecule has 1 saturated heterocycles. The van der Waals surface area contributed by atoms with E-state index in [2.05, 4.69) is 5.16 Å². The van der Waals surface area contributed by atoms with Gasteiger partial charge in [-0.1, -0.05) is 12.1 Å². The lowest BCUT2D eigenvalue weighted by Gasteiger charge is -2.31. The molecular formula is C15H20N2O4. The molecule has 1 amide bonds. The van der Waals surface area contributed by atoms with Gasteiger partial charge >= 0.3 is 0 Å². The summed E-state index contributed by atoms with van der Waals surface area (Å²) in [6.45, 7) is 3.05. The maximum absolute atomic E-state index is 12.5. The number of amides is 1. The van der Waals surface area contributed by atoms with Crippen molar-refractivity contribution in [2.24, 2.45) is 11.1 Å². The first-order valence-corrected chi connectivity index (χ1v) is 6.82. The van der Waals surface area contributed by atoms with Crippen molar-refractivity contribution < 1.29 is 19.5 Å². The molecule has 1 aromatic rings. The monoisotopic (exact) mass is 292 g/mol. The maximum atomic E-state index is 12.5. The van der Waals surface area contributed by atoms with E-state index in [-0.39, 0.29) is 11.8 Å². The quantitative estimate of drug-likeness (QED) is 0.683. The van der Waals surface area contributed by atoms with Crippen LogP contribution in [0.4, 0.5) is 0 Å². The van der Waals surface area contributed by atoms with Crippen LogP contribution in [0.2, 0.25) is 0 Å². The van der Waals surface area contributed by atoms with Crippen molar-refractivity contribution in [1.82, 2.24) is 4.90 Å². The van der Waals surface area contributed by atoms with E-state index in [1.54, 1.807) is 37.3 Å². The number of hydrogen-bond acceptors (Lipinski definition) is 5. The number of rotatable bonds is 3. The smallest absolute Gasteiger partial charge is 0.254 e. The van der Waals surface area contributed by atoms with Gasteiger partial charge in [0.25, 0.3) is 5.91 Å². The lowest BCUT2D eigenvalue weighted by atomic mass is 9.97. The number of oxime groups is 1. The normalized spacial score (nSPS) is 20.4. The SMILES string of the molecule is COc1ccc(C(=O)N2CC/C(=N/O)C(C)C2)cc1OC. The van der Waals surface area contributed by atoms with Crippen molar-refractivity contribution in [3.8, 4) is 11.5 Å². The number of ether oxygens (including phenoxy) is 2. The van der Waals surface area contributed by atoms with Crippen molar-refractivity contribution in [2.75, 3.05) is 27.3 Å². The maximum Gasteiger partial charge on any atom is 0.254 e. The second-order valence-corrected chi connectivity index (χ2v) is 5.06. The number of carbonyl (C=O) groups is 1. The molecule has 114 valence electrons. The Morgan fingerprint density at radius 2 is 2.05 bits per heavy atom. The summed E-state index contributed by atoms with van der Waals surface area (Å²) >= 11 is 0. The van der Waals surface area contributed by atoms with Crippen molar-refractivity contribution in [2.45, 2.75) is 13.3 Å². The predicted molar refractivity (Wildman–Crippen MR) is 78.5 cm³/mol. The zero-order valence-corrected chi connectivity index (χ0v) is 12.5.